The lowest BCUT2D eigenvalue weighted by atomic mass is 9.77. The van der Waals surface area contributed by atoms with Crippen LogP contribution in [-0.2, 0) is 4.74 Å². The first-order chi connectivity index (χ1) is 16.4. The van der Waals surface area contributed by atoms with Crippen LogP contribution in [-0.4, -0.2) is 25.0 Å². The van der Waals surface area contributed by atoms with E-state index in [2.05, 4.69) is 0 Å². The molecule has 1 aliphatic carbocycles. The summed E-state index contributed by atoms with van der Waals surface area (Å²) in [4.78, 5) is 0. The molecule has 0 aromatic heterocycles. The molecule has 2 aliphatic rings. The van der Waals surface area contributed by atoms with Crippen molar-refractivity contribution in [2.24, 2.45) is 11.8 Å². The van der Waals surface area contributed by atoms with Gasteiger partial charge in [0, 0.05) is 12.0 Å². The Morgan fingerprint density at radius 3 is 2.17 bits per heavy atom. The molecule has 190 valence electrons. The number of hydrogen-bond acceptors (Lipinski definition) is 2. The molecule has 10 heteroatoms. The van der Waals surface area contributed by atoms with Gasteiger partial charge in [0.25, 0.3) is 0 Å². The fraction of sp³-hybridized carbons (Fsp3) is 0.520. The molecule has 0 spiro atoms. The molecule has 0 radical (unpaired) electrons. The van der Waals surface area contributed by atoms with Gasteiger partial charge in [-0.15, -0.1) is 0 Å². The Labute approximate surface area is 196 Å². The zero-order valence-corrected chi connectivity index (χ0v) is 18.5. The molecule has 2 nitrogen and oxygen atoms in total. The molecule has 35 heavy (non-hydrogen) atoms. The van der Waals surface area contributed by atoms with Crippen molar-refractivity contribution in [3.63, 3.8) is 0 Å². The minimum Gasteiger partial charge on any atom is -0.431 e. The average Bonchev–Trinajstić information content (AvgIpc) is 2.78. The van der Waals surface area contributed by atoms with Crippen molar-refractivity contribution in [2.45, 2.75) is 63.3 Å². The molecule has 2 atom stereocenters. The van der Waals surface area contributed by atoms with E-state index in [-0.39, 0.29) is 18.9 Å². The Bertz CT molecular complexity index is 1130. The molecule has 0 bridgehead atoms. The second-order valence-corrected chi connectivity index (χ2v) is 9.02. The van der Waals surface area contributed by atoms with Gasteiger partial charge in [-0.2, -0.15) is 22.0 Å². The Hall–Kier alpha value is -2.54. The summed E-state index contributed by atoms with van der Waals surface area (Å²) in [5.41, 5.74) is -1.28. The monoisotopic (exact) mass is 506 g/mol. The lowest BCUT2D eigenvalue weighted by Gasteiger charge is -2.37. The molecule has 2 aromatic carbocycles. The Kier molecular flexibility index (Phi) is 7.18. The molecule has 0 N–H and O–H groups in total. The van der Waals surface area contributed by atoms with E-state index >= 15 is 0 Å². The van der Waals surface area contributed by atoms with Gasteiger partial charge in [0.2, 0.25) is 0 Å². The number of alkyl halides is 5. The zero-order valence-electron chi connectivity index (χ0n) is 18.5. The molecule has 1 heterocycles. The molecule has 0 amide bonds. The fourth-order valence-electron chi connectivity index (χ4n) is 4.93. The predicted octanol–water partition coefficient (Wildman–Crippen LogP) is 7.52. The Balaban J connectivity index is 1.52. The van der Waals surface area contributed by atoms with Crippen LogP contribution in [0.2, 0.25) is 0 Å². The SMILES string of the molecule is Fc1cc2cc(OC(F)(F)C3CCC(C4CCCCC4)CO3)cc(F)c2c(F)c1C#CC(F)(F)F. The third-order valence-corrected chi connectivity index (χ3v) is 6.64. The minimum atomic E-state index is -5.02. The smallest absolute Gasteiger partial charge is 0.431 e. The van der Waals surface area contributed by atoms with Gasteiger partial charge in [-0.05, 0) is 42.2 Å². The van der Waals surface area contributed by atoms with E-state index in [0.717, 1.165) is 31.7 Å². The van der Waals surface area contributed by atoms with Crippen molar-refractivity contribution in [1.82, 2.24) is 0 Å². The van der Waals surface area contributed by atoms with Crippen molar-refractivity contribution in [1.29, 1.82) is 0 Å². The van der Waals surface area contributed by atoms with Gasteiger partial charge in [-0.25, -0.2) is 13.2 Å². The first kappa shape index (κ1) is 25.5. The second-order valence-electron chi connectivity index (χ2n) is 9.02. The van der Waals surface area contributed by atoms with E-state index < -0.39 is 57.9 Å². The van der Waals surface area contributed by atoms with Crippen LogP contribution in [0, 0.1) is 41.1 Å². The highest BCUT2D eigenvalue weighted by atomic mass is 19.4. The third-order valence-electron chi connectivity index (χ3n) is 6.64. The summed E-state index contributed by atoms with van der Waals surface area (Å²) >= 11 is 0. The van der Waals surface area contributed by atoms with Crippen LogP contribution in [0.15, 0.2) is 18.2 Å². The van der Waals surface area contributed by atoms with Gasteiger partial charge in [0.15, 0.2) is 11.9 Å². The number of halogens is 8. The fourth-order valence-corrected chi connectivity index (χ4v) is 4.93. The van der Waals surface area contributed by atoms with Crippen molar-refractivity contribution in [3.8, 4) is 17.6 Å². The normalized spacial score (nSPS) is 22.1. The summed E-state index contributed by atoms with van der Waals surface area (Å²) in [5, 5.41) is -1.40. The van der Waals surface area contributed by atoms with Gasteiger partial charge >= 0.3 is 12.3 Å². The van der Waals surface area contributed by atoms with E-state index in [9.17, 15) is 35.1 Å². The standard InChI is InChI=1S/C25H22F8O2/c26-19-11-16-10-17(12-20(27)22(16)23(28)18(19)8-9-24(29,30)31)35-25(32,33)21-7-6-15(13-34-21)14-4-2-1-3-5-14/h10-12,14-15,21H,1-7,13H2. The maximum absolute atomic E-state index is 14.8. The van der Waals surface area contributed by atoms with E-state index in [4.69, 9.17) is 9.47 Å². The summed E-state index contributed by atoms with van der Waals surface area (Å²) in [7, 11) is 0. The Morgan fingerprint density at radius 1 is 0.829 bits per heavy atom. The molecular formula is C25H22F8O2. The van der Waals surface area contributed by atoms with Gasteiger partial charge in [0.1, 0.15) is 17.4 Å². The number of rotatable bonds is 4. The lowest BCUT2D eigenvalue weighted by Crippen LogP contribution is -2.45. The van der Waals surface area contributed by atoms with Crippen LogP contribution >= 0.6 is 0 Å². The number of ether oxygens (including phenoxy) is 2. The van der Waals surface area contributed by atoms with Gasteiger partial charge in [-0.3, -0.25) is 0 Å². The molecule has 1 aliphatic heterocycles. The van der Waals surface area contributed by atoms with Crippen molar-refractivity contribution >= 4 is 10.8 Å². The highest BCUT2D eigenvalue weighted by Crippen LogP contribution is 2.40. The van der Waals surface area contributed by atoms with E-state index in [0.29, 0.717) is 30.4 Å². The van der Waals surface area contributed by atoms with Crippen molar-refractivity contribution < 1.29 is 44.6 Å². The highest BCUT2D eigenvalue weighted by Gasteiger charge is 2.46. The third kappa shape index (κ3) is 5.83. The van der Waals surface area contributed by atoms with Crippen LogP contribution in [0.5, 0.6) is 5.75 Å². The summed E-state index contributed by atoms with van der Waals surface area (Å²) in [6.45, 7) is 0.165. The van der Waals surface area contributed by atoms with Crippen LogP contribution in [0.3, 0.4) is 0 Å². The summed E-state index contributed by atoms with van der Waals surface area (Å²) < 4.78 is 120. The summed E-state index contributed by atoms with van der Waals surface area (Å²) in [5.74, 6) is -2.62. The van der Waals surface area contributed by atoms with E-state index in [1.54, 1.807) is 0 Å². The van der Waals surface area contributed by atoms with Gasteiger partial charge in [0.05, 0.1) is 17.6 Å². The summed E-state index contributed by atoms with van der Waals surface area (Å²) in [6, 6.07) is 1.76. The Morgan fingerprint density at radius 2 is 1.54 bits per heavy atom. The van der Waals surface area contributed by atoms with E-state index in [1.165, 1.54) is 12.3 Å². The van der Waals surface area contributed by atoms with Crippen molar-refractivity contribution in [2.75, 3.05) is 6.61 Å². The number of fused-ring (bicyclic) bond motifs is 1. The van der Waals surface area contributed by atoms with Gasteiger partial charge < -0.3 is 9.47 Å². The average molecular weight is 506 g/mol. The molecule has 2 unspecified atom stereocenters. The maximum Gasteiger partial charge on any atom is 0.458 e. The zero-order chi connectivity index (χ0) is 25.4. The molecule has 4 rings (SSSR count). The number of hydrogen-bond donors (Lipinski definition) is 0. The van der Waals surface area contributed by atoms with Crippen LogP contribution < -0.4 is 4.74 Å². The second kappa shape index (κ2) is 9.84. The lowest BCUT2D eigenvalue weighted by molar-refractivity contribution is -0.266. The molecule has 2 fully saturated rings. The highest BCUT2D eigenvalue weighted by molar-refractivity contribution is 5.87. The van der Waals surface area contributed by atoms with Gasteiger partial charge in [-0.1, -0.05) is 38.0 Å². The molecular weight excluding hydrogens is 484 g/mol. The summed E-state index contributed by atoms with van der Waals surface area (Å²) in [6.07, 6.45) is -4.33. The topological polar surface area (TPSA) is 18.5 Å². The van der Waals surface area contributed by atoms with Crippen molar-refractivity contribution in [3.05, 3.63) is 41.2 Å². The van der Waals surface area contributed by atoms with E-state index in [1.807, 2.05) is 0 Å². The first-order valence-corrected chi connectivity index (χ1v) is 11.3. The predicted molar refractivity (Wildman–Crippen MR) is 111 cm³/mol. The number of benzene rings is 2. The molecule has 2 aromatic rings. The minimum absolute atomic E-state index is 0.0364. The quantitative estimate of drug-likeness (QED) is 0.316. The largest absolute Gasteiger partial charge is 0.458 e. The molecule has 1 saturated carbocycles. The maximum atomic E-state index is 14.8. The molecule has 1 saturated heterocycles. The van der Waals surface area contributed by atoms with Crippen LogP contribution in [0.1, 0.15) is 50.5 Å². The van der Waals surface area contributed by atoms with Crippen LogP contribution in [0.25, 0.3) is 10.8 Å². The first-order valence-electron chi connectivity index (χ1n) is 11.3. The van der Waals surface area contributed by atoms with Crippen LogP contribution in [0.4, 0.5) is 35.1 Å².